The minimum atomic E-state index is -0.380. The van der Waals surface area contributed by atoms with Crippen LogP contribution in [0.15, 0.2) is 22.7 Å². The van der Waals surface area contributed by atoms with E-state index in [-0.39, 0.29) is 24.2 Å². The molecule has 2 aromatic rings. The van der Waals surface area contributed by atoms with Crippen molar-refractivity contribution in [1.29, 1.82) is 0 Å². The van der Waals surface area contributed by atoms with Gasteiger partial charge >= 0.3 is 6.01 Å². The Hall–Kier alpha value is -2.68. The van der Waals surface area contributed by atoms with Crippen molar-refractivity contribution in [3.05, 3.63) is 35.4 Å². The summed E-state index contributed by atoms with van der Waals surface area (Å²) in [7, 11) is 1.62. The molecule has 0 spiro atoms. The Labute approximate surface area is 199 Å². The van der Waals surface area contributed by atoms with Crippen LogP contribution in [0.2, 0.25) is 0 Å². The van der Waals surface area contributed by atoms with Gasteiger partial charge in [-0.2, -0.15) is 4.98 Å². The van der Waals surface area contributed by atoms with Gasteiger partial charge in [-0.1, -0.05) is 11.2 Å². The predicted molar refractivity (Wildman–Crippen MR) is 123 cm³/mol. The number of ether oxygens (including phenoxy) is 2. The Morgan fingerprint density at radius 2 is 2.09 bits per heavy atom. The van der Waals surface area contributed by atoms with Crippen molar-refractivity contribution in [2.45, 2.75) is 57.6 Å². The number of rotatable bonds is 11. The summed E-state index contributed by atoms with van der Waals surface area (Å²) in [5, 5.41) is 6.84. The Balaban J connectivity index is 1.01. The molecule has 184 valence electrons. The Morgan fingerprint density at radius 1 is 1.26 bits per heavy atom. The van der Waals surface area contributed by atoms with Crippen molar-refractivity contribution in [1.82, 2.24) is 15.5 Å². The lowest BCUT2D eigenvalue weighted by atomic mass is 9.90. The zero-order valence-corrected chi connectivity index (χ0v) is 19.7. The van der Waals surface area contributed by atoms with Crippen molar-refractivity contribution in [3.8, 4) is 5.75 Å². The predicted octanol–water partition coefficient (Wildman–Crippen LogP) is 3.50. The van der Waals surface area contributed by atoms with Gasteiger partial charge in [-0.25, -0.2) is 4.39 Å². The van der Waals surface area contributed by atoms with Gasteiger partial charge in [0.2, 0.25) is 5.91 Å². The maximum atomic E-state index is 14.4. The highest BCUT2D eigenvalue weighted by molar-refractivity contribution is 5.79. The van der Waals surface area contributed by atoms with Gasteiger partial charge < -0.3 is 24.2 Å². The smallest absolute Gasteiger partial charge is 0.324 e. The third-order valence-electron chi connectivity index (χ3n) is 7.20. The molecule has 1 aromatic carbocycles. The van der Waals surface area contributed by atoms with Crippen molar-refractivity contribution in [3.63, 3.8) is 0 Å². The number of carbonyl (C=O) groups excluding carboxylic acids is 1. The molecule has 1 aromatic heterocycles. The number of anilines is 1. The second-order valence-electron chi connectivity index (χ2n) is 9.82. The molecular formula is C25H33FN4O4. The molecule has 2 saturated carbocycles. The number of benzene rings is 1. The maximum Gasteiger partial charge on any atom is 0.324 e. The average molecular weight is 473 g/mol. The number of hydrogen-bond donors (Lipinski definition) is 1. The van der Waals surface area contributed by atoms with Crippen LogP contribution < -0.4 is 15.0 Å². The number of amides is 1. The number of aromatic nitrogens is 2. The van der Waals surface area contributed by atoms with Crippen LogP contribution in [-0.4, -0.2) is 48.9 Å². The molecule has 0 unspecified atom stereocenters. The highest BCUT2D eigenvalue weighted by atomic mass is 19.1. The highest BCUT2D eigenvalue weighted by Crippen LogP contribution is 2.50. The monoisotopic (exact) mass is 472 g/mol. The first-order valence-corrected chi connectivity index (χ1v) is 12.4. The molecule has 1 N–H and O–H groups in total. The summed E-state index contributed by atoms with van der Waals surface area (Å²) in [5.41, 5.74) is 0.412. The van der Waals surface area contributed by atoms with E-state index < -0.39 is 0 Å². The second-order valence-corrected chi connectivity index (χ2v) is 9.82. The number of methoxy groups -OCH3 is 1. The van der Waals surface area contributed by atoms with Crippen LogP contribution in [0.1, 0.15) is 49.9 Å². The molecule has 5 rings (SSSR count). The fraction of sp³-hybridized carbons (Fsp3) is 0.640. The van der Waals surface area contributed by atoms with Crippen molar-refractivity contribution in [2.24, 2.45) is 17.8 Å². The first kappa shape index (κ1) is 23.1. The van der Waals surface area contributed by atoms with E-state index in [4.69, 9.17) is 14.0 Å². The topological polar surface area (TPSA) is 89.7 Å². The number of piperidine rings is 1. The third kappa shape index (κ3) is 5.87. The molecular weight excluding hydrogens is 439 g/mol. The Kier molecular flexibility index (Phi) is 6.99. The number of hydrogen-bond acceptors (Lipinski definition) is 7. The average Bonchev–Trinajstić information content (AvgIpc) is 3.75. The summed E-state index contributed by atoms with van der Waals surface area (Å²) in [6.45, 7) is 2.82. The standard InChI is InChI=1S/C25H33FN4O4/c1-32-15-23-28-25(34-29-23)30-9-6-16(7-10-30)21-12-17(21)8-11-33-20-5-2-18(22(26)14-20)13-24(31)27-19-3-4-19/h2,5,14,16-17,19,21H,3-4,6-13,15H2,1H3,(H,27,31)/t17-,21-/m1/s1. The van der Waals surface area contributed by atoms with Gasteiger partial charge in [0.05, 0.1) is 13.0 Å². The first-order valence-electron chi connectivity index (χ1n) is 12.4. The number of halogens is 1. The van der Waals surface area contributed by atoms with Gasteiger partial charge in [0.1, 0.15) is 18.2 Å². The molecule has 9 heteroatoms. The molecule has 1 aliphatic heterocycles. The van der Waals surface area contributed by atoms with Gasteiger partial charge in [-0.3, -0.25) is 4.79 Å². The quantitative estimate of drug-likeness (QED) is 0.535. The molecule has 34 heavy (non-hydrogen) atoms. The summed E-state index contributed by atoms with van der Waals surface area (Å²) in [6, 6.07) is 5.70. The normalized spacial score (nSPS) is 22.6. The van der Waals surface area contributed by atoms with Crippen molar-refractivity contribution < 1.29 is 23.2 Å². The Bertz CT molecular complexity index is 987. The summed E-state index contributed by atoms with van der Waals surface area (Å²) in [4.78, 5) is 18.5. The molecule has 3 fully saturated rings. The van der Waals surface area contributed by atoms with Crippen LogP contribution in [0, 0.1) is 23.6 Å². The summed E-state index contributed by atoms with van der Waals surface area (Å²) in [6.07, 6.45) is 6.62. The number of nitrogens with zero attached hydrogens (tertiary/aromatic N) is 3. The molecule has 1 amide bonds. The van der Waals surface area contributed by atoms with E-state index >= 15 is 0 Å². The first-order chi connectivity index (χ1) is 16.6. The van der Waals surface area contributed by atoms with Crippen LogP contribution in [-0.2, 0) is 22.6 Å². The molecule has 8 nitrogen and oxygen atoms in total. The fourth-order valence-electron chi connectivity index (χ4n) is 5.03. The summed E-state index contributed by atoms with van der Waals surface area (Å²) < 4.78 is 30.6. The highest BCUT2D eigenvalue weighted by Gasteiger charge is 2.43. The van der Waals surface area contributed by atoms with E-state index in [1.165, 1.54) is 12.5 Å². The number of carbonyl (C=O) groups is 1. The zero-order chi connectivity index (χ0) is 23.5. The second kappa shape index (κ2) is 10.3. The largest absolute Gasteiger partial charge is 0.493 e. The van der Waals surface area contributed by atoms with Gasteiger partial charge in [0, 0.05) is 32.3 Å². The minimum Gasteiger partial charge on any atom is -0.493 e. The molecule has 2 aliphatic carbocycles. The molecule has 0 radical (unpaired) electrons. The lowest BCUT2D eigenvalue weighted by molar-refractivity contribution is -0.120. The van der Waals surface area contributed by atoms with E-state index in [0.29, 0.717) is 42.3 Å². The van der Waals surface area contributed by atoms with Crippen LogP contribution in [0.25, 0.3) is 0 Å². The van der Waals surface area contributed by atoms with Crippen molar-refractivity contribution in [2.75, 3.05) is 31.7 Å². The van der Waals surface area contributed by atoms with Crippen LogP contribution in [0.5, 0.6) is 5.75 Å². The van der Waals surface area contributed by atoms with Gasteiger partial charge in [0.15, 0.2) is 5.82 Å². The van der Waals surface area contributed by atoms with E-state index in [1.54, 1.807) is 19.2 Å². The zero-order valence-electron chi connectivity index (χ0n) is 19.7. The summed E-state index contributed by atoms with van der Waals surface area (Å²) >= 11 is 0. The molecule has 3 aliphatic rings. The fourth-order valence-corrected chi connectivity index (χ4v) is 5.03. The third-order valence-corrected chi connectivity index (χ3v) is 7.20. The van der Waals surface area contributed by atoms with Crippen LogP contribution in [0.4, 0.5) is 10.4 Å². The van der Waals surface area contributed by atoms with Crippen LogP contribution >= 0.6 is 0 Å². The Morgan fingerprint density at radius 3 is 2.82 bits per heavy atom. The molecule has 2 atom stereocenters. The minimum absolute atomic E-state index is 0.0754. The number of nitrogens with one attached hydrogen (secondary N) is 1. The van der Waals surface area contributed by atoms with Gasteiger partial charge in [0.25, 0.3) is 0 Å². The van der Waals surface area contributed by atoms with E-state index in [0.717, 1.165) is 57.0 Å². The van der Waals surface area contributed by atoms with Gasteiger partial charge in [-0.15, -0.1) is 0 Å². The maximum absolute atomic E-state index is 14.4. The molecule has 2 heterocycles. The van der Waals surface area contributed by atoms with E-state index in [2.05, 4.69) is 20.4 Å². The molecule has 0 bridgehead atoms. The van der Waals surface area contributed by atoms with Crippen molar-refractivity contribution >= 4 is 11.9 Å². The molecule has 1 saturated heterocycles. The SMILES string of the molecule is COCc1noc(N2CCC([C@H]3C[C@H]3CCOc3ccc(CC(=O)NC4CC4)c(F)c3)CC2)n1. The lowest BCUT2D eigenvalue weighted by Gasteiger charge is -2.30. The van der Waals surface area contributed by atoms with E-state index in [9.17, 15) is 9.18 Å². The van der Waals surface area contributed by atoms with E-state index in [1.807, 2.05) is 0 Å². The van der Waals surface area contributed by atoms with Gasteiger partial charge in [-0.05, 0) is 67.9 Å². The lowest BCUT2D eigenvalue weighted by Crippen LogP contribution is -2.34. The van der Waals surface area contributed by atoms with Crippen LogP contribution in [0.3, 0.4) is 0 Å². The summed E-state index contributed by atoms with van der Waals surface area (Å²) in [5.74, 6) is 2.77.